The van der Waals surface area contributed by atoms with Gasteiger partial charge >= 0.3 is 0 Å². The third-order valence-corrected chi connectivity index (χ3v) is 5.11. The molecule has 5 nitrogen and oxygen atoms in total. The van der Waals surface area contributed by atoms with E-state index in [4.69, 9.17) is 0 Å². The molecule has 2 N–H and O–H groups in total. The Balaban J connectivity index is 2.14. The SMILES string of the molecule is CCCCN1C(=O)C(=O)/C(=C(\O)c2ccc(CC)cc2)C1c1cccc(O)c1. The third kappa shape index (κ3) is 3.65. The number of amides is 1. The van der Waals surface area contributed by atoms with Crippen LogP contribution in [0.3, 0.4) is 0 Å². The molecule has 2 aromatic rings. The van der Waals surface area contributed by atoms with E-state index in [1.165, 1.54) is 17.0 Å². The van der Waals surface area contributed by atoms with Crippen molar-refractivity contribution >= 4 is 17.4 Å². The topological polar surface area (TPSA) is 77.8 Å². The molecule has 5 heteroatoms. The van der Waals surface area contributed by atoms with Crippen molar-refractivity contribution in [3.63, 3.8) is 0 Å². The number of hydrogen-bond donors (Lipinski definition) is 2. The van der Waals surface area contributed by atoms with Gasteiger partial charge in [-0.2, -0.15) is 0 Å². The van der Waals surface area contributed by atoms with Crippen molar-refractivity contribution in [3.8, 4) is 5.75 Å². The van der Waals surface area contributed by atoms with E-state index >= 15 is 0 Å². The highest BCUT2D eigenvalue weighted by Gasteiger charge is 2.45. The van der Waals surface area contributed by atoms with Gasteiger partial charge in [-0.25, -0.2) is 0 Å². The molecule has 2 aromatic carbocycles. The maximum Gasteiger partial charge on any atom is 0.295 e. The van der Waals surface area contributed by atoms with Gasteiger partial charge in [0.2, 0.25) is 0 Å². The number of likely N-dealkylation sites (tertiary alicyclic amines) is 1. The van der Waals surface area contributed by atoms with Gasteiger partial charge in [0, 0.05) is 12.1 Å². The molecule has 0 aromatic heterocycles. The van der Waals surface area contributed by atoms with E-state index in [0.29, 0.717) is 17.7 Å². The molecule has 1 saturated heterocycles. The lowest BCUT2D eigenvalue weighted by Crippen LogP contribution is -2.30. The number of aromatic hydroxyl groups is 1. The van der Waals surface area contributed by atoms with Crippen molar-refractivity contribution in [3.05, 3.63) is 70.8 Å². The van der Waals surface area contributed by atoms with E-state index in [1.807, 2.05) is 26.0 Å². The molecule has 1 unspecified atom stereocenters. The van der Waals surface area contributed by atoms with Crippen molar-refractivity contribution in [2.45, 2.75) is 39.2 Å². The number of unbranched alkanes of at least 4 members (excludes halogenated alkanes) is 1. The van der Waals surface area contributed by atoms with Gasteiger partial charge in [0.05, 0.1) is 11.6 Å². The predicted octanol–water partition coefficient (Wildman–Crippen LogP) is 4.18. The zero-order chi connectivity index (χ0) is 20.3. The largest absolute Gasteiger partial charge is 0.508 e. The lowest BCUT2D eigenvalue weighted by atomic mass is 9.94. The van der Waals surface area contributed by atoms with Crippen LogP contribution < -0.4 is 0 Å². The minimum atomic E-state index is -0.718. The molecule has 1 heterocycles. The van der Waals surface area contributed by atoms with Crippen LogP contribution in [0.2, 0.25) is 0 Å². The predicted molar refractivity (Wildman–Crippen MR) is 108 cm³/mol. The number of Topliss-reactive ketones (excluding diaryl/α,β-unsaturated/α-hetero) is 1. The van der Waals surface area contributed by atoms with Crippen LogP contribution in [0.4, 0.5) is 0 Å². The standard InChI is InChI=1S/C23H25NO4/c1-3-5-13-24-20(17-7-6-8-18(25)14-17)19(22(27)23(24)28)21(26)16-11-9-15(4-2)10-12-16/h6-12,14,20,25-26H,3-5,13H2,1-2H3/b21-19-. The van der Waals surface area contributed by atoms with Crippen LogP contribution in [0.25, 0.3) is 5.76 Å². The van der Waals surface area contributed by atoms with Gasteiger partial charge in [-0.05, 0) is 36.1 Å². The van der Waals surface area contributed by atoms with Gasteiger partial charge in [-0.3, -0.25) is 9.59 Å². The first-order chi connectivity index (χ1) is 13.5. The average Bonchev–Trinajstić information content (AvgIpc) is 2.96. The number of aryl methyl sites for hydroxylation is 1. The minimum Gasteiger partial charge on any atom is -0.508 e. The lowest BCUT2D eigenvalue weighted by molar-refractivity contribution is -0.139. The van der Waals surface area contributed by atoms with Crippen LogP contribution in [0.5, 0.6) is 5.75 Å². The molecule has 1 atom stereocenters. The number of rotatable bonds is 6. The van der Waals surface area contributed by atoms with Gasteiger partial charge in [0.25, 0.3) is 11.7 Å². The fraction of sp³-hybridized carbons (Fsp3) is 0.304. The maximum absolute atomic E-state index is 12.8. The minimum absolute atomic E-state index is 0.0471. The molecule has 1 aliphatic rings. The van der Waals surface area contributed by atoms with Crippen molar-refractivity contribution in [2.24, 2.45) is 0 Å². The highest BCUT2D eigenvalue weighted by atomic mass is 16.3. The van der Waals surface area contributed by atoms with Gasteiger partial charge in [-0.1, -0.05) is 56.7 Å². The third-order valence-electron chi connectivity index (χ3n) is 5.11. The summed E-state index contributed by atoms with van der Waals surface area (Å²) in [5.41, 5.74) is 2.28. The monoisotopic (exact) mass is 379 g/mol. The zero-order valence-electron chi connectivity index (χ0n) is 16.2. The number of aliphatic hydroxyl groups excluding tert-OH is 1. The average molecular weight is 379 g/mol. The summed E-state index contributed by atoms with van der Waals surface area (Å²) in [5.74, 6) is -1.45. The van der Waals surface area contributed by atoms with Crippen molar-refractivity contribution in [2.75, 3.05) is 6.54 Å². The molecule has 0 bridgehead atoms. The number of carbonyl (C=O) groups excluding carboxylic acids is 2. The van der Waals surface area contributed by atoms with Crippen molar-refractivity contribution in [1.29, 1.82) is 0 Å². The first-order valence-corrected chi connectivity index (χ1v) is 9.64. The van der Waals surface area contributed by atoms with Gasteiger partial charge in [-0.15, -0.1) is 0 Å². The second-order valence-electron chi connectivity index (χ2n) is 6.99. The number of carbonyl (C=O) groups is 2. The van der Waals surface area contributed by atoms with Gasteiger partial charge in [0.1, 0.15) is 11.5 Å². The Kier molecular flexibility index (Phi) is 5.83. The zero-order valence-corrected chi connectivity index (χ0v) is 16.2. The van der Waals surface area contributed by atoms with Crippen LogP contribution in [-0.4, -0.2) is 33.3 Å². The molecule has 1 amide bonds. The van der Waals surface area contributed by atoms with Crippen molar-refractivity contribution < 1.29 is 19.8 Å². The second-order valence-corrected chi connectivity index (χ2v) is 6.99. The Bertz CT molecular complexity index is 914. The molecule has 1 fully saturated rings. The number of aliphatic hydroxyl groups is 1. The Labute approximate surface area is 164 Å². The number of ketones is 1. The van der Waals surface area contributed by atoms with Gasteiger partial charge < -0.3 is 15.1 Å². The van der Waals surface area contributed by atoms with Crippen LogP contribution in [-0.2, 0) is 16.0 Å². The fourth-order valence-electron chi connectivity index (χ4n) is 3.53. The number of benzene rings is 2. The maximum atomic E-state index is 12.8. The summed E-state index contributed by atoms with van der Waals surface area (Å²) in [4.78, 5) is 27.0. The Morgan fingerprint density at radius 1 is 1.07 bits per heavy atom. The van der Waals surface area contributed by atoms with E-state index in [1.54, 1.807) is 24.3 Å². The van der Waals surface area contributed by atoms with Crippen LogP contribution in [0.15, 0.2) is 54.1 Å². The Morgan fingerprint density at radius 2 is 1.79 bits per heavy atom. The van der Waals surface area contributed by atoms with Crippen LogP contribution >= 0.6 is 0 Å². The molecule has 1 aliphatic heterocycles. The highest BCUT2D eigenvalue weighted by molar-refractivity contribution is 6.46. The first-order valence-electron chi connectivity index (χ1n) is 9.64. The number of hydrogen-bond acceptors (Lipinski definition) is 4. The number of phenols is 1. The van der Waals surface area contributed by atoms with Gasteiger partial charge in [0.15, 0.2) is 0 Å². The number of phenolic OH excluding ortho intramolecular Hbond substituents is 1. The summed E-state index contributed by atoms with van der Waals surface area (Å²) in [6.07, 6.45) is 2.48. The quantitative estimate of drug-likeness (QED) is 0.448. The molecule has 0 spiro atoms. The molecular formula is C23H25NO4. The van der Waals surface area contributed by atoms with Crippen LogP contribution in [0.1, 0.15) is 49.4 Å². The lowest BCUT2D eigenvalue weighted by Gasteiger charge is -2.25. The first kappa shape index (κ1) is 19.7. The molecule has 146 valence electrons. The molecule has 3 rings (SSSR count). The van der Waals surface area contributed by atoms with E-state index < -0.39 is 17.7 Å². The summed E-state index contributed by atoms with van der Waals surface area (Å²) < 4.78 is 0. The molecule has 28 heavy (non-hydrogen) atoms. The molecule has 0 saturated carbocycles. The normalized spacial score (nSPS) is 18.6. The summed E-state index contributed by atoms with van der Waals surface area (Å²) in [7, 11) is 0. The fourth-order valence-corrected chi connectivity index (χ4v) is 3.53. The second kappa shape index (κ2) is 8.30. The van der Waals surface area contributed by atoms with E-state index in [9.17, 15) is 19.8 Å². The van der Waals surface area contributed by atoms with Crippen molar-refractivity contribution in [1.82, 2.24) is 4.90 Å². The smallest absolute Gasteiger partial charge is 0.295 e. The van der Waals surface area contributed by atoms with E-state index in [0.717, 1.165) is 24.8 Å². The summed E-state index contributed by atoms with van der Waals surface area (Å²) >= 11 is 0. The molecule has 0 aliphatic carbocycles. The Hall–Kier alpha value is -3.08. The molecular weight excluding hydrogens is 354 g/mol. The summed E-state index contributed by atoms with van der Waals surface area (Å²) in [6.45, 7) is 4.46. The van der Waals surface area contributed by atoms with E-state index in [-0.39, 0.29) is 17.1 Å². The molecule has 0 radical (unpaired) electrons. The summed E-state index contributed by atoms with van der Waals surface area (Å²) in [5, 5.41) is 20.8. The number of nitrogens with zero attached hydrogens (tertiary/aromatic N) is 1. The van der Waals surface area contributed by atoms with Crippen LogP contribution in [0, 0.1) is 0 Å². The summed E-state index contributed by atoms with van der Waals surface area (Å²) in [6, 6.07) is 13.1. The highest BCUT2D eigenvalue weighted by Crippen LogP contribution is 2.40. The Morgan fingerprint density at radius 3 is 2.39 bits per heavy atom. The van der Waals surface area contributed by atoms with E-state index in [2.05, 4.69) is 0 Å².